The highest BCUT2D eigenvalue weighted by Gasteiger charge is 2.27. The standard InChI is InChI=1S/C22H34N6O2/c1-3-28-20-19(17(2)25-28)5-9-23-21(20)27-11-6-18(7-12-27)22(29)24-8-4-10-26-13-15-30-16-14-26/h5,9,18H,3-4,6-8,10-16H2,1-2H3,(H,24,29). The number of fused-ring (bicyclic) bond motifs is 1. The lowest BCUT2D eigenvalue weighted by molar-refractivity contribution is -0.125. The summed E-state index contributed by atoms with van der Waals surface area (Å²) in [6.07, 6.45) is 4.61. The first-order valence-electron chi connectivity index (χ1n) is 11.3. The van der Waals surface area contributed by atoms with Crippen molar-refractivity contribution in [3.05, 3.63) is 18.0 Å². The third-order valence-corrected chi connectivity index (χ3v) is 6.34. The highest BCUT2D eigenvalue weighted by molar-refractivity contribution is 5.91. The summed E-state index contributed by atoms with van der Waals surface area (Å²) in [5, 5.41) is 8.98. The molecule has 0 spiro atoms. The number of carbonyl (C=O) groups excluding carboxylic acids is 1. The summed E-state index contributed by atoms with van der Waals surface area (Å²) in [6, 6.07) is 2.05. The number of hydrogen-bond donors (Lipinski definition) is 1. The van der Waals surface area contributed by atoms with Crippen molar-refractivity contribution < 1.29 is 9.53 Å². The highest BCUT2D eigenvalue weighted by atomic mass is 16.5. The lowest BCUT2D eigenvalue weighted by Gasteiger charge is -2.32. The molecule has 30 heavy (non-hydrogen) atoms. The summed E-state index contributed by atoms with van der Waals surface area (Å²) in [5.41, 5.74) is 2.16. The lowest BCUT2D eigenvalue weighted by atomic mass is 9.95. The highest BCUT2D eigenvalue weighted by Crippen LogP contribution is 2.30. The lowest BCUT2D eigenvalue weighted by Crippen LogP contribution is -2.42. The fourth-order valence-corrected chi connectivity index (χ4v) is 4.57. The van der Waals surface area contributed by atoms with E-state index in [0.717, 1.165) is 95.3 Å². The van der Waals surface area contributed by atoms with Gasteiger partial charge in [-0.15, -0.1) is 0 Å². The molecule has 2 aromatic rings. The van der Waals surface area contributed by atoms with Crippen molar-refractivity contribution in [1.82, 2.24) is 25.0 Å². The number of rotatable bonds is 7. The average Bonchev–Trinajstić information content (AvgIpc) is 3.13. The van der Waals surface area contributed by atoms with Crippen molar-refractivity contribution in [3.8, 4) is 0 Å². The Labute approximate surface area is 178 Å². The maximum Gasteiger partial charge on any atom is 0.223 e. The van der Waals surface area contributed by atoms with Gasteiger partial charge in [-0.3, -0.25) is 14.4 Å². The van der Waals surface area contributed by atoms with Crippen molar-refractivity contribution in [2.45, 2.75) is 39.7 Å². The predicted molar refractivity (Wildman–Crippen MR) is 118 cm³/mol. The van der Waals surface area contributed by atoms with Crippen LogP contribution in [0, 0.1) is 12.8 Å². The zero-order valence-electron chi connectivity index (χ0n) is 18.3. The number of morpholine rings is 1. The summed E-state index contributed by atoms with van der Waals surface area (Å²) in [5.74, 6) is 1.30. The van der Waals surface area contributed by atoms with Crippen molar-refractivity contribution in [2.24, 2.45) is 5.92 Å². The Balaban J connectivity index is 1.28. The fourth-order valence-electron chi connectivity index (χ4n) is 4.57. The number of aromatic nitrogens is 3. The van der Waals surface area contributed by atoms with Crippen LogP contribution in [0.4, 0.5) is 5.82 Å². The minimum Gasteiger partial charge on any atom is -0.379 e. The summed E-state index contributed by atoms with van der Waals surface area (Å²) in [6.45, 7) is 12.1. The van der Waals surface area contributed by atoms with E-state index in [9.17, 15) is 4.79 Å². The molecule has 0 bridgehead atoms. The van der Waals surface area contributed by atoms with Crippen molar-refractivity contribution in [2.75, 3.05) is 57.4 Å². The molecule has 164 valence electrons. The molecule has 0 aromatic carbocycles. The van der Waals surface area contributed by atoms with E-state index in [1.807, 2.05) is 23.9 Å². The number of aryl methyl sites for hydroxylation is 2. The maximum absolute atomic E-state index is 12.6. The minimum atomic E-state index is 0.0988. The number of nitrogens with zero attached hydrogens (tertiary/aromatic N) is 5. The predicted octanol–water partition coefficient (Wildman–Crippen LogP) is 1.81. The van der Waals surface area contributed by atoms with Crippen LogP contribution in [0.25, 0.3) is 10.9 Å². The molecule has 2 aromatic heterocycles. The zero-order valence-corrected chi connectivity index (χ0v) is 18.3. The Kier molecular flexibility index (Phi) is 6.84. The molecule has 0 radical (unpaired) electrons. The second kappa shape index (κ2) is 9.75. The first-order valence-corrected chi connectivity index (χ1v) is 11.3. The van der Waals surface area contributed by atoms with Crippen LogP contribution >= 0.6 is 0 Å². The SMILES string of the molecule is CCn1nc(C)c2ccnc(N3CCC(C(=O)NCCCN4CCOCC4)CC3)c21. The van der Waals surface area contributed by atoms with Gasteiger partial charge in [-0.2, -0.15) is 5.10 Å². The molecule has 4 heterocycles. The van der Waals surface area contributed by atoms with Crippen LogP contribution in [0.3, 0.4) is 0 Å². The minimum absolute atomic E-state index is 0.0988. The van der Waals surface area contributed by atoms with E-state index in [1.54, 1.807) is 0 Å². The normalized spacial score (nSPS) is 18.8. The van der Waals surface area contributed by atoms with Gasteiger partial charge >= 0.3 is 0 Å². The van der Waals surface area contributed by atoms with Crippen LogP contribution < -0.4 is 10.2 Å². The van der Waals surface area contributed by atoms with Gasteiger partial charge in [0.25, 0.3) is 0 Å². The molecule has 8 nitrogen and oxygen atoms in total. The molecule has 0 aliphatic carbocycles. The smallest absolute Gasteiger partial charge is 0.223 e. The van der Waals surface area contributed by atoms with E-state index in [2.05, 4.69) is 32.1 Å². The third-order valence-electron chi connectivity index (χ3n) is 6.34. The molecule has 0 saturated carbocycles. The van der Waals surface area contributed by atoms with Crippen LogP contribution in [0.5, 0.6) is 0 Å². The number of pyridine rings is 1. The first kappa shape index (κ1) is 21.1. The molecule has 2 saturated heterocycles. The van der Waals surface area contributed by atoms with Crippen LogP contribution in [0.1, 0.15) is 31.9 Å². The number of amides is 1. The molecule has 2 aliphatic rings. The summed E-state index contributed by atoms with van der Waals surface area (Å²) < 4.78 is 7.42. The van der Waals surface area contributed by atoms with E-state index in [-0.39, 0.29) is 11.8 Å². The molecule has 1 N–H and O–H groups in total. The average molecular weight is 415 g/mol. The van der Waals surface area contributed by atoms with Crippen molar-refractivity contribution in [1.29, 1.82) is 0 Å². The zero-order chi connectivity index (χ0) is 20.9. The monoisotopic (exact) mass is 414 g/mol. The van der Waals surface area contributed by atoms with E-state index >= 15 is 0 Å². The molecule has 0 unspecified atom stereocenters. The molecule has 2 fully saturated rings. The Bertz CT molecular complexity index is 853. The van der Waals surface area contributed by atoms with E-state index in [1.165, 1.54) is 5.39 Å². The number of anilines is 1. The molecule has 1 amide bonds. The maximum atomic E-state index is 12.6. The van der Waals surface area contributed by atoms with Gasteiger partial charge in [0.05, 0.1) is 18.9 Å². The number of hydrogen-bond acceptors (Lipinski definition) is 6. The Morgan fingerprint density at radius 2 is 2.00 bits per heavy atom. The number of nitrogens with one attached hydrogen (secondary N) is 1. The second-order valence-electron chi connectivity index (χ2n) is 8.29. The van der Waals surface area contributed by atoms with Gasteiger partial charge in [-0.25, -0.2) is 4.98 Å². The molecule has 8 heteroatoms. The largest absolute Gasteiger partial charge is 0.379 e. The van der Waals surface area contributed by atoms with E-state index in [0.29, 0.717) is 0 Å². The molecular formula is C22H34N6O2. The topological polar surface area (TPSA) is 75.5 Å². The van der Waals surface area contributed by atoms with Crippen LogP contribution in [-0.4, -0.2) is 78.1 Å². The summed E-state index contributed by atoms with van der Waals surface area (Å²) >= 11 is 0. The molecule has 0 atom stereocenters. The van der Waals surface area contributed by atoms with Crippen LogP contribution in [0.2, 0.25) is 0 Å². The molecular weight excluding hydrogens is 380 g/mol. The number of piperidine rings is 1. The number of carbonyl (C=O) groups is 1. The van der Waals surface area contributed by atoms with E-state index < -0.39 is 0 Å². The fraction of sp³-hybridized carbons (Fsp3) is 0.682. The summed E-state index contributed by atoms with van der Waals surface area (Å²) in [7, 11) is 0. The van der Waals surface area contributed by atoms with Gasteiger partial charge in [-0.05, 0) is 45.7 Å². The van der Waals surface area contributed by atoms with Gasteiger partial charge in [0.15, 0.2) is 5.82 Å². The quantitative estimate of drug-likeness (QED) is 0.697. The van der Waals surface area contributed by atoms with Crippen LogP contribution in [-0.2, 0) is 16.1 Å². The number of ether oxygens (including phenoxy) is 1. The van der Waals surface area contributed by atoms with Crippen molar-refractivity contribution in [3.63, 3.8) is 0 Å². The van der Waals surface area contributed by atoms with Gasteiger partial charge < -0.3 is 15.0 Å². The summed E-state index contributed by atoms with van der Waals surface area (Å²) in [4.78, 5) is 22.0. The molecule has 2 aliphatic heterocycles. The van der Waals surface area contributed by atoms with Gasteiger partial charge in [-0.1, -0.05) is 0 Å². The third kappa shape index (κ3) is 4.59. The van der Waals surface area contributed by atoms with Gasteiger partial charge in [0.2, 0.25) is 5.91 Å². The van der Waals surface area contributed by atoms with E-state index in [4.69, 9.17) is 4.74 Å². The van der Waals surface area contributed by atoms with Crippen LogP contribution in [0.15, 0.2) is 12.3 Å². The van der Waals surface area contributed by atoms with Crippen molar-refractivity contribution >= 4 is 22.6 Å². The Hall–Kier alpha value is -2.19. The van der Waals surface area contributed by atoms with Gasteiger partial charge in [0.1, 0.15) is 5.52 Å². The second-order valence-corrected chi connectivity index (χ2v) is 8.29. The molecule has 4 rings (SSSR count). The Morgan fingerprint density at radius 1 is 1.23 bits per heavy atom. The Morgan fingerprint density at radius 3 is 2.73 bits per heavy atom. The van der Waals surface area contributed by atoms with Gasteiger partial charge in [0, 0.05) is 56.8 Å². The first-order chi connectivity index (χ1) is 14.7.